The fourth-order valence-electron chi connectivity index (χ4n) is 2.67. The number of esters is 1. The summed E-state index contributed by atoms with van der Waals surface area (Å²) in [6.45, 7) is 0.120. The number of thiazole rings is 1. The zero-order valence-electron chi connectivity index (χ0n) is 14.5. The van der Waals surface area contributed by atoms with Gasteiger partial charge in [-0.2, -0.15) is 0 Å². The lowest BCUT2D eigenvalue weighted by atomic mass is 10.2. The van der Waals surface area contributed by atoms with Crippen molar-refractivity contribution >= 4 is 28.3 Å². The van der Waals surface area contributed by atoms with E-state index in [1.54, 1.807) is 7.11 Å². The van der Waals surface area contributed by atoms with E-state index in [4.69, 9.17) is 14.0 Å². The standard InChI is InChI=1S/C20H16N2O4S/c1-24-15-6-4-5-13(9-15)20-21-14(12-27-20)11-25-19(23)10-17-16-7-2-3-8-18(16)26-22-17/h2-9,12H,10-11H2,1H3. The van der Waals surface area contributed by atoms with Crippen molar-refractivity contribution in [2.45, 2.75) is 13.0 Å². The number of carbonyl (C=O) groups excluding carboxylic acids is 1. The van der Waals surface area contributed by atoms with Crippen LogP contribution in [-0.2, 0) is 22.6 Å². The molecule has 0 aliphatic heterocycles. The summed E-state index contributed by atoms with van der Waals surface area (Å²) in [6, 6.07) is 15.1. The fraction of sp³-hybridized carbons (Fsp3) is 0.150. The highest BCUT2D eigenvalue weighted by molar-refractivity contribution is 7.13. The Morgan fingerprint density at radius 1 is 1.19 bits per heavy atom. The monoisotopic (exact) mass is 380 g/mol. The van der Waals surface area contributed by atoms with Gasteiger partial charge in [-0.05, 0) is 24.3 Å². The lowest BCUT2D eigenvalue weighted by Gasteiger charge is -2.02. The van der Waals surface area contributed by atoms with Crippen molar-refractivity contribution in [2.24, 2.45) is 0 Å². The molecule has 2 aromatic carbocycles. The molecule has 0 amide bonds. The molecule has 0 saturated heterocycles. The Bertz CT molecular complexity index is 1090. The van der Waals surface area contributed by atoms with E-state index in [0.29, 0.717) is 17.0 Å². The Morgan fingerprint density at radius 2 is 2.07 bits per heavy atom. The van der Waals surface area contributed by atoms with Gasteiger partial charge in [0, 0.05) is 16.3 Å². The Labute approximate surface area is 159 Å². The van der Waals surface area contributed by atoms with Crippen molar-refractivity contribution < 1.29 is 18.8 Å². The number of fused-ring (bicyclic) bond motifs is 1. The third kappa shape index (κ3) is 3.83. The van der Waals surface area contributed by atoms with Gasteiger partial charge in [0.1, 0.15) is 23.1 Å². The average Bonchev–Trinajstić information content (AvgIpc) is 3.34. The molecule has 0 spiro atoms. The van der Waals surface area contributed by atoms with Crippen LogP contribution < -0.4 is 4.74 Å². The first-order chi connectivity index (χ1) is 13.2. The van der Waals surface area contributed by atoms with E-state index in [1.165, 1.54) is 11.3 Å². The van der Waals surface area contributed by atoms with Gasteiger partial charge in [0.05, 0.1) is 19.2 Å². The van der Waals surface area contributed by atoms with E-state index in [0.717, 1.165) is 21.7 Å². The first kappa shape index (κ1) is 17.2. The number of ether oxygens (including phenoxy) is 2. The smallest absolute Gasteiger partial charge is 0.312 e. The molecular weight excluding hydrogens is 364 g/mol. The number of para-hydroxylation sites is 1. The number of nitrogens with zero attached hydrogens (tertiary/aromatic N) is 2. The van der Waals surface area contributed by atoms with Gasteiger partial charge >= 0.3 is 5.97 Å². The number of methoxy groups -OCH3 is 1. The van der Waals surface area contributed by atoms with Gasteiger partial charge in [-0.15, -0.1) is 11.3 Å². The molecule has 2 aromatic heterocycles. The number of hydrogen-bond acceptors (Lipinski definition) is 7. The lowest BCUT2D eigenvalue weighted by Crippen LogP contribution is -2.08. The molecular formula is C20H16N2O4S. The number of hydrogen-bond donors (Lipinski definition) is 0. The fourth-order valence-corrected chi connectivity index (χ4v) is 3.47. The van der Waals surface area contributed by atoms with Crippen LogP contribution in [0.4, 0.5) is 0 Å². The molecule has 0 atom stereocenters. The molecule has 0 radical (unpaired) electrons. The summed E-state index contributed by atoms with van der Waals surface area (Å²) in [5.74, 6) is 0.403. The quantitative estimate of drug-likeness (QED) is 0.466. The SMILES string of the molecule is COc1cccc(-c2nc(COC(=O)Cc3noc4ccccc34)cs2)c1. The second kappa shape index (κ2) is 7.59. The second-order valence-corrected chi connectivity index (χ2v) is 6.70. The maximum Gasteiger partial charge on any atom is 0.312 e. The highest BCUT2D eigenvalue weighted by Crippen LogP contribution is 2.27. The molecule has 2 heterocycles. The average molecular weight is 380 g/mol. The van der Waals surface area contributed by atoms with Crippen LogP contribution in [0.5, 0.6) is 5.75 Å². The van der Waals surface area contributed by atoms with E-state index in [1.807, 2.05) is 53.9 Å². The van der Waals surface area contributed by atoms with E-state index >= 15 is 0 Å². The molecule has 0 saturated carbocycles. The highest BCUT2D eigenvalue weighted by Gasteiger charge is 2.14. The highest BCUT2D eigenvalue weighted by atomic mass is 32.1. The predicted octanol–water partition coefficient (Wildman–Crippen LogP) is 4.25. The molecule has 0 aliphatic carbocycles. The molecule has 0 unspecified atom stereocenters. The minimum atomic E-state index is -0.370. The summed E-state index contributed by atoms with van der Waals surface area (Å²) >= 11 is 1.50. The number of rotatable bonds is 6. The van der Waals surface area contributed by atoms with Crippen LogP contribution in [0.3, 0.4) is 0 Å². The minimum Gasteiger partial charge on any atom is -0.497 e. The summed E-state index contributed by atoms with van der Waals surface area (Å²) in [7, 11) is 1.63. The van der Waals surface area contributed by atoms with Gasteiger partial charge < -0.3 is 14.0 Å². The topological polar surface area (TPSA) is 74.5 Å². The van der Waals surface area contributed by atoms with E-state index in [2.05, 4.69) is 10.1 Å². The Balaban J connectivity index is 1.39. The third-order valence-electron chi connectivity index (χ3n) is 4.01. The Hall–Kier alpha value is -3.19. The lowest BCUT2D eigenvalue weighted by molar-refractivity contribution is -0.144. The van der Waals surface area contributed by atoms with Gasteiger partial charge in [0.15, 0.2) is 5.58 Å². The molecule has 0 aliphatic rings. The molecule has 0 fully saturated rings. The molecule has 7 heteroatoms. The van der Waals surface area contributed by atoms with Gasteiger partial charge in [-0.25, -0.2) is 4.98 Å². The van der Waals surface area contributed by atoms with Gasteiger partial charge in [0.25, 0.3) is 0 Å². The van der Waals surface area contributed by atoms with Gasteiger partial charge in [0.2, 0.25) is 0 Å². The van der Waals surface area contributed by atoms with Gasteiger partial charge in [-0.1, -0.05) is 29.4 Å². The first-order valence-electron chi connectivity index (χ1n) is 8.30. The Morgan fingerprint density at radius 3 is 2.96 bits per heavy atom. The van der Waals surface area contributed by atoms with Crippen molar-refractivity contribution in [3.05, 3.63) is 65.3 Å². The molecule has 6 nitrogen and oxygen atoms in total. The van der Waals surface area contributed by atoms with Crippen molar-refractivity contribution in [1.29, 1.82) is 0 Å². The molecule has 136 valence electrons. The van der Waals surface area contributed by atoms with Crippen LogP contribution in [0.25, 0.3) is 21.5 Å². The maximum absolute atomic E-state index is 12.1. The minimum absolute atomic E-state index is 0.0594. The summed E-state index contributed by atoms with van der Waals surface area (Å²) in [5.41, 5.74) is 2.90. The zero-order valence-corrected chi connectivity index (χ0v) is 15.4. The molecule has 4 aromatic rings. The summed E-state index contributed by atoms with van der Waals surface area (Å²) < 4.78 is 15.8. The first-order valence-corrected chi connectivity index (χ1v) is 9.18. The largest absolute Gasteiger partial charge is 0.497 e. The van der Waals surface area contributed by atoms with Crippen LogP contribution in [0.1, 0.15) is 11.4 Å². The van der Waals surface area contributed by atoms with Crippen LogP contribution in [0, 0.1) is 0 Å². The van der Waals surface area contributed by atoms with E-state index in [-0.39, 0.29) is 19.0 Å². The normalized spacial score (nSPS) is 10.9. The van der Waals surface area contributed by atoms with Crippen LogP contribution in [0.15, 0.2) is 58.4 Å². The van der Waals surface area contributed by atoms with Crippen molar-refractivity contribution in [3.63, 3.8) is 0 Å². The van der Waals surface area contributed by atoms with Crippen LogP contribution in [0.2, 0.25) is 0 Å². The van der Waals surface area contributed by atoms with Crippen LogP contribution in [-0.4, -0.2) is 23.2 Å². The van der Waals surface area contributed by atoms with E-state index < -0.39 is 0 Å². The predicted molar refractivity (Wildman–Crippen MR) is 102 cm³/mol. The molecule has 4 rings (SSSR count). The Kier molecular flexibility index (Phi) is 4.84. The third-order valence-corrected chi connectivity index (χ3v) is 4.95. The summed E-state index contributed by atoms with van der Waals surface area (Å²) in [4.78, 5) is 16.7. The number of carbonyl (C=O) groups is 1. The van der Waals surface area contributed by atoms with Crippen molar-refractivity contribution in [2.75, 3.05) is 7.11 Å². The van der Waals surface area contributed by atoms with E-state index in [9.17, 15) is 4.79 Å². The summed E-state index contributed by atoms with van der Waals surface area (Å²) in [5, 5.41) is 7.50. The number of benzene rings is 2. The van der Waals surface area contributed by atoms with Crippen molar-refractivity contribution in [1.82, 2.24) is 10.1 Å². The molecule has 27 heavy (non-hydrogen) atoms. The second-order valence-electron chi connectivity index (χ2n) is 5.84. The molecule has 0 N–H and O–H groups in total. The van der Waals surface area contributed by atoms with Crippen molar-refractivity contribution in [3.8, 4) is 16.3 Å². The zero-order chi connectivity index (χ0) is 18.6. The van der Waals surface area contributed by atoms with Crippen LogP contribution >= 0.6 is 11.3 Å². The molecule has 0 bridgehead atoms. The number of aromatic nitrogens is 2. The summed E-state index contributed by atoms with van der Waals surface area (Å²) in [6.07, 6.45) is 0.0594. The maximum atomic E-state index is 12.1. The van der Waals surface area contributed by atoms with Gasteiger partial charge in [-0.3, -0.25) is 4.79 Å².